The van der Waals surface area contributed by atoms with E-state index in [9.17, 15) is 0 Å². The fraction of sp³-hybridized carbons (Fsp3) is 0.0536. The van der Waals surface area contributed by atoms with Crippen molar-refractivity contribution in [2.75, 3.05) is 0 Å². The molecule has 0 spiro atoms. The maximum Gasteiger partial charge on any atom is 0.164 e. The van der Waals surface area contributed by atoms with Gasteiger partial charge >= 0.3 is 0 Å². The van der Waals surface area contributed by atoms with E-state index in [0.717, 1.165) is 45.5 Å². The van der Waals surface area contributed by atoms with Gasteiger partial charge in [0, 0.05) is 33.0 Å². The topological polar surface area (TPSA) is 43.6 Å². The molecule has 10 aromatic rings. The maximum atomic E-state index is 5.07. The smallest absolute Gasteiger partial charge is 0.164 e. The zero-order chi connectivity index (χ0) is 40.0. The number of rotatable bonds is 8. The second kappa shape index (κ2) is 13.2. The second-order valence-electron chi connectivity index (χ2n) is 15.8. The van der Waals surface area contributed by atoms with Gasteiger partial charge in [0.05, 0.1) is 22.1 Å². The standard InChI is InChI=1S/C56H38N4/c1-3-4-17-35(2)56-44-27-13-11-26-42(44)43-31-33-48-51(52(43)56)50-47(32-30-36-22-16-28-45(56)49(36)50)60(48)46-29-14-12-25-41(46)39-23-15-24-40(34-39)55-58-53(37-18-7-5-8-19-37)57-54(59-55)38-20-9-6-10-21-38/h4-34H,2-3H2,1H3/b17-4-. The van der Waals surface area contributed by atoms with Gasteiger partial charge in [-0.15, -0.1) is 0 Å². The molecule has 2 aromatic heterocycles. The zero-order valence-corrected chi connectivity index (χ0v) is 33.1. The molecule has 0 saturated heterocycles. The molecule has 1 atom stereocenters. The lowest BCUT2D eigenvalue weighted by atomic mass is 9.63. The molecule has 8 aromatic carbocycles. The summed E-state index contributed by atoms with van der Waals surface area (Å²) in [5, 5.41) is 5.17. The van der Waals surface area contributed by atoms with Gasteiger partial charge in [-0.2, -0.15) is 0 Å². The highest BCUT2D eigenvalue weighted by Gasteiger charge is 2.50. The number of benzene rings is 8. The van der Waals surface area contributed by atoms with Crippen LogP contribution in [0.2, 0.25) is 0 Å². The molecule has 0 bridgehead atoms. The molecule has 0 fully saturated rings. The van der Waals surface area contributed by atoms with Crippen LogP contribution in [-0.2, 0) is 5.41 Å². The summed E-state index contributed by atoms with van der Waals surface area (Å²) in [6, 6.07) is 62.9. The largest absolute Gasteiger partial charge is 0.309 e. The molecule has 60 heavy (non-hydrogen) atoms. The van der Waals surface area contributed by atoms with Gasteiger partial charge in [-0.25, -0.2) is 15.0 Å². The molecule has 0 amide bonds. The van der Waals surface area contributed by atoms with Crippen molar-refractivity contribution in [3.8, 4) is 62.1 Å². The average molecular weight is 767 g/mol. The Morgan fingerprint density at radius 2 is 1.10 bits per heavy atom. The Balaban J connectivity index is 1.10. The number of hydrogen-bond acceptors (Lipinski definition) is 3. The summed E-state index contributed by atoms with van der Waals surface area (Å²) in [5.41, 5.74) is 15.7. The van der Waals surface area contributed by atoms with Crippen molar-refractivity contribution in [3.63, 3.8) is 0 Å². The molecule has 2 aliphatic rings. The zero-order valence-electron chi connectivity index (χ0n) is 33.1. The minimum atomic E-state index is -0.514. The summed E-state index contributed by atoms with van der Waals surface area (Å²) in [6.07, 6.45) is 5.47. The Kier molecular flexibility index (Phi) is 7.54. The number of aromatic nitrogens is 4. The van der Waals surface area contributed by atoms with Crippen molar-refractivity contribution in [2.45, 2.75) is 18.8 Å². The van der Waals surface area contributed by atoms with Crippen LogP contribution in [0, 0.1) is 0 Å². The van der Waals surface area contributed by atoms with Gasteiger partial charge in [0.15, 0.2) is 17.5 Å². The minimum absolute atomic E-state index is 0.514. The Bertz CT molecular complexity index is 3370. The third kappa shape index (κ3) is 4.76. The molecule has 0 saturated carbocycles. The van der Waals surface area contributed by atoms with Crippen LogP contribution in [0.15, 0.2) is 200 Å². The van der Waals surface area contributed by atoms with Crippen LogP contribution < -0.4 is 0 Å². The predicted octanol–water partition coefficient (Wildman–Crippen LogP) is 13.9. The van der Waals surface area contributed by atoms with E-state index in [1.807, 2.05) is 60.7 Å². The summed E-state index contributed by atoms with van der Waals surface area (Å²) in [6.45, 7) is 7.08. The van der Waals surface area contributed by atoms with Gasteiger partial charge in [-0.3, -0.25) is 0 Å². The van der Waals surface area contributed by atoms with Crippen LogP contribution >= 0.6 is 0 Å². The van der Waals surface area contributed by atoms with Crippen molar-refractivity contribution in [1.82, 2.24) is 19.5 Å². The van der Waals surface area contributed by atoms with E-state index in [1.165, 1.54) is 60.4 Å². The number of hydrogen-bond donors (Lipinski definition) is 0. The Morgan fingerprint density at radius 3 is 1.85 bits per heavy atom. The average Bonchev–Trinajstić information content (AvgIpc) is 3.82. The monoisotopic (exact) mass is 766 g/mol. The van der Waals surface area contributed by atoms with E-state index < -0.39 is 5.41 Å². The molecule has 2 aliphatic carbocycles. The van der Waals surface area contributed by atoms with Gasteiger partial charge in [-0.1, -0.05) is 177 Å². The highest BCUT2D eigenvalue weighted by atomic mass is 15.0. The van der Waals surface area contributed by atoms with E-state index in [-0.39, 0.29) is 0 Å². The van der Waals surface area contributed by atoms with Crippen LogP contribution in [0.4, 0.5) is 0 Å². The first-order chi connectivity index (χ1) is 29.6. The molecule has 4 heteroatoms. The molecule has 4 nitrogen and oxygen atoms in total. The summed E-state index contributed by atoms with van der Waals surface area (Å²) in [4.78, 5) is 15.1. The van der Waals surface area contributed by atoms with Crippen LogP contribution in [0.25, 0.3) is 94.7 Å². The second-order valence-corrected chi connectivity index (χ2v) is 15.8. The Labute approximate surface area is 348 Å². The van der Waals surface area contributed by atoms with E-state index in [0.29, 0.717) is 17.5 Å². The maximum absolute atomic E-state index is 5.07. The molecule has 12 rings (SSSR count). The first kappa shape index (κ1) is 34.4. The molecule has 0 aliphatic heterocycles. The SMILES string of the molecule is C=C(/C=C\CC)C12c3ccccc3-c3ccc4c(c31)c1c3c2cccc3ccc1n4-c1ccccc1-c1cccc(-c2nc(-c3ccccc3)nc(-c3ccccc3)n2)c1. The number of allylic oxidation sites excluding steroid dienone is 3. The summed E-state index contributed by atoms with van der Waals surface area (Å²) in [5.74, 6) is 1.92. The van der Waals surface area contributed by atoms with Crippen molar-refractivity contribution in [3.05, 3.63) is 217 Å². The Hall–Kier alpha value is -7.69. The third-order valence-corrected chi connectivity index (χ3v) is 12.7. The van der Waals surface area contributed by atoms with Gasteiger partial charge in [0.2, 0.25) is 0 Å². The molecule has 0 N–H and O–H groups in total. The molecule has 2 heterocycles. The van der Waals surface area contributed by atoms with E-state index >= 15 is 0 Å². The summed E-state index contributed by atoms with van der Waals surface area (Å²) >= 11 is 0. The number of para-hydroxylation sites is 1. The van der Waals surface area contributed by atoms with Crippen molar-refractivity contribution in [1.29, 1.82) is 0 Å². The van der Waals surface area contributed by atoms with Crippen LogP contribution in [-0.4, -0.2) is 19.5 Å². The molecular formula is C56H38N4. The van der Waals surface area contributed by atoms with Gasteiger partial charge in [0.25, 0.3) is 0 Å². The van der Waals surface area contributed by atoms with Crippen LogP contribution in [0.5, 0.6) is 0 Å². The van der Waals surface area contributed by atoms with Crippen molar-refractivity contribution < 1.29 is 0 Å². The van der Waals surface area contributed by atoms with E-state index in [1.54, 1.807) is 0 Å². The van der Waals surface area contributed by atoms with Gasteiger partial charge in [0.1, 0.15) is 0 Å². The molecular weight excluding hydrogens is 729 g/mol. The number of nitrogens with zero attached hydrogens (tertiary/aromatic N) is 4. The highest BCUT2D eigenvalue weighted by Crippen LogP contribution is 2.63. The summed E-state index contributed by atoms with van der Waals surface area (Å²) < 4.78 is 2.50. The molecule has 282 valence electrons. The van der Waals surface area contributed by atoms with Crippen LogP contribution in [0.3, 0.4) is 0 Å². The fourth-order valence-corrected chi connectivity index (χ4v) is 10.2. The minimum Gasteiger partial charge on any atom is -0.309 e. The Morgan fingerprint density at radius 1 is 0.517 bits per heavy atom. The lowest BCUT2D eigenvalue weighted by molar-refractivity contribution is 0.783. The van der Waals surface area contributed by atoms with Gasteiger partial charge in [-0.05, 0) is 80.4 Å². The van der Waals surface area contributed by atoms with Crippen molar-refractivity contribution in [2.24, 2.45) is 0 Å². The first-order valence-corrected chi connectivity index (χ1v) is 20.7. The fourth-order valence-electron chi connectivity index (χ4n) is 10.2. The van der Waals surface area contributed by atoms with Crippen molar-refractivity contribution >= 4 is 32.6 Å². The lowest BCUT2D eigenvalue weighted by Crippen LogP contribution is -2.30. The predicted molar refractivity (Wildman–Crippen MR) is 247 cm³/mol. The van der Waals surface area contributed by atoms with Gasteiger partial charge < -0.3 is 4.57 Å². The highest BCUT2D eigenvalue weighted by molar-refractivity contribution is 6.28. The first-order valence-electron chi connectivity index (χ1n) is 20.7. The summed E-state index contributed by atoms with van der Waals surface area (Å²) in [7, 11) is 0. The normalized spacial score (nSPS) is 14.9. The molecule has 0 radical (unpaired) electrons. The lowest BCUT2D eigenvalue weighted by Gasteiger charge is -2.37. The van der Waals surface area contributed by atoms with E-state index in [4.69, 9.17) is 21.5 Å². The van der Waals surface area contributed by atoms with Crippen LogP contribution in [0.1, 0.15) is 30.0 Å². The molecule has 1 unspecified atom stereocenters. The quantitative estimate of drug-likeness (QED) is 0.145. The third-order valence-electron chi connectivity index (χ3n) is 12.7. The number of fused-ring (bicyclic) bond motifs is 4. The van der Waals surface area contributed by atoms with E-state index in [2.05, 4.69) is 139 Å².